The highest BCUT2D eigenvalue weighted by atomic mass is 16.6. The minimum atomic E-state index is -0.437. The zero-order valence-corrected chi connectivity index (χ0v) is 14.0. The van der Waals surface area contributed by atoms with Crippen LogP contribution >= 0.6 is 0 Å². The van der Waals surface area contributed by atoms with Crippen molar-refractivity contribution in [3.8, 4) is 11.5 Å². The van der Waals surface area contributed by atoms with Crippen molar-refractivity contribution in [2.24, 2.45) is 0 Å². The average molecular weight is 323 g/mol. The maximum absolute atomic E-state index is 12.9. The lowest BCUT2D eigenvalue weighted by Crippen LogP contribution is -2.28. The van der Waals surface area contributed by atoms with Crippen molar-refractivity contribution < 1.29 is 14.3 Å². The van der Waals surface area contributed by atoms with Crippen LogP contribution in [0.3, 0.4) is 0 Å². The van der Waals surface area contributed by atoms with Crippen molar-refractivity contribution in [3.63, 3.8) is 0 Å². The zero-order chi connectivity index (χ0) is 16.7. The summed E-state index contributed by atoms with van der Waals surface area (Å²) in [6.07, 6.45) is 1.73. The quantitative estimate of drug-likeness (QED) is 0.936. The predicted molar refractivity (Wildman–Crippen MR) is 92.9 cm³/mol. The van der Waals surface area contributed by atoms with E-state index in [4.69, 9.17) is 9.47 Å². The van der Waals surface area contributed by atoms with Crippen LogP contribution in [-0.4, -0.2) is 19.1 Å². The van der Waals surface area contributed by atoms with Crippen LogP contribution in [0.1, 0.15) is 29.5 Å². The van der Waals surface area contributed by atoms with Gasteiger partial charge in [0.25, 0.3) is 0 Å². The number of benzene rings is 2. The van der Waals surface area contributed by atoms with Crippen LogP contribution in [0, 0.1) is 13.8 Å². The van der Waals surface area contributed by atoms with E-state index in [9.17, 15) is 4.79 Å². The molecule has 1 aliphatic heterocycles. The molecule has 4 rings (SSSR count). The molecule has 1 saturated carbocycles. The number of rotatable bonds is 3. The van der Waals surface area contributed by atoms with E-state index in [1.807, 2.05) is 44.2 Å². The van der Waals surface area contributed by atoms with Crippen LogP contribution < -0.4 is 14.8 Å². The Hall–Kier alpha value is -2.49. The van der Waals surface area contributed by atoms with Gasteiger partial charge in [0.2, 0.25) is 5.91 Å². The van der Waals surface area contributed by atoms with Gasteiger partial charge in [-0.25, -0.2) is 0 Å². The van der Waals surface area contributed by atoms with E-state index in [1.54, 1.807) is 0 Å². The zero-order valence-electron chi connectivity index (χ0n) is 14.0. The lowest BCUT2D eigenvalue weighted by atomic mass is 9.94. The first-order valence-electron chi connectivity index (χ1n) is 8.37. The Balaban J connectivity index is 1.59. The lowest BCUT2D eigenvalue weighted by molar-refractivity contribution is -0.118. The molecule has 4 heteroatoms. The molecule has 1 heterocycles. The largest absolute Gasteiger partial charge is 0.486 e. The summed E-state index contributed by atoms with van der Waals surface area (Å²) in [5.41, 5.74) is 3.73. The van der Waals surface area contributed by atoms with Gasteiger partial charge in [-0.05, 0) is 67.6 Å². The van der Waals surface area contributed by atoms with Gasteiger partial charge in [0.1, 0.15) is 13.2 Å². The number of fused-ring (bicyclic) bond motifs is 1. The van der Waals surface area contributed by atoms with Crippen molar-refractivity contribution >= 4 is 11.6 Å². The Bertz CT molecular complexity index is 788. The highest BCUT2D eigenvalue weighted by Crippen LogP contribution is 2.50. The van der Waals surface area contributed by atoms with Crippen LogP contribution in [0.15, 0.2) is 36.4 Å². The van der Waals surface area contributed by atoms with Crippen molar-refractivity contribution in [1.82, 2.24) is 0 Å². The Morgan fingerprint density at radius 2 is 1.62 bits per heavy atom. The minimum absolute atomic E-state index is 0.0594. The number of hydrogen-bond acceptors (Lipinski definition) is 3. The Morgan fingerprint density at radius 1 is 0.958 bits per heavy atom. The van der Waals surface area contributed by atoms with E-state index in [2.05, 4.69) is 11.4 Å². The number of ether oxygens (including phenoxy) is 2. The van der Waals surface area contributed by atoms with Crippen molar-refractivity contribution in [1.29, 1.82) is 0 Å². The van der Waals surface area contributed by atoms with Crippen molar-refractivity contribution in [2.45, 2.75) is 32.1 Å². The van der Waals surface area contributed by atoms with E-state index < -0.39 is 5.41 Å². The third-order valence-corrected chi connectivity index (χ3v) is 4.76. The first kappa shape index (κ1) is 15.1. The molecule has 0 saturated heterocycles. The van der Waals surface area contributed by atoms with E-state index in [-0.39, 0.29) is 5.91 Å². The van der Waals surface area contributed by atoms with Gasteiger partial charge in [-0.1, -0.05) is 12.1 Å². The Morgan fingerprint density at radius 3 is 2.29 bits per heavy atom. The summed E-state index contributed by atoms with van der Waals surface area (Å²) < 4.78 is 11.2. The van der Waals surface area contributed by atoms with Gasteiger partial charge in [-0.3, -0.25) is 4.79 Å². The summed E-state index contributed by atoms with van der Waals surface area (Å²) in [5.74, 6) is 1.56. The second kappa shape index (κ2) is 5.55. The van der Waals surface area contributed by atoms with Crippen molar-refractivity contribution in [2.75, 3.05) is 18.5 Å². The van der Waals surface area contributed by atoms with Crippen LogP contribution in [0.25, 0.3) is 0 Å². The van der Waals surface area contributed by atoms with Gasteiger partial charge in [0.05, 0.1) is 5.41 Å². The van der Waals surface area contributed by atoms with Crippen LogP contribution in [0.4, 0.5) is 5.69 Å². The second-order valence-electron chi connectivity index (χ2n) is 6.77. The van der Waals surface area contributed by atoms with Gasteiger partial charge >= 0.3 is 0 Å². The van der Waals surface area contributed by atoms with E-state index in [0.29, 0.717) is 13.2 Å². The van der Waals surface area contributed by atoms with Gasteiger partial charge in [-0.2, -0.15) is 0 Å². The normalized spacial score (nSPS) is 17.2. The fourth-order valence-electron chi connectivity index (χ4n) is 3.41. The van der Waals surface area contributed by atoms with E-state index >= 15 is 0 Å². The van der Waals surface area contributed by atoms with Gasteiger partial charge < -0.3 is 14.8 Å². The molecule has 2 aromatic carbocycles. The number of aryl methyl sites for hydroxylation is 2. The summed E-state index contributed by atoms with van der Waals surface area (Å²) in [5, 5.41) is 3.09. The Labute approximate surface area is 141 Å². The SMILES string of the molecule is Cc1cc(C)cc(NC(=O)C2(c3ccc4c(c3)OCCO4)CC2)c1. The molecular weight excluding hydrogens is 302 g/mol. The number of amides is 1. The topological polar surface area (TPSA) is 47.6 Å². The summed E-state index contributed by atoms with van der Waals surface area (Å²) in [7, 11) is 0. The molecule has 2 aromatic rings. The third-order valence-electron chi connectivity index (χ3n) is 4.76. The van der Waals surface area contributed by atoms with Gasteiger partial charge in [0, 0.05) is 5.69 Å². The number of nitrogens with one attached hydrogen (secondary N) is 1. The molecule has 1 N–H and O–H groups in total. The van der Waals surface area contributed by atoms with E-state index in [0.717, 1.165) is 46.7 Å². The Kier molecular flexibility index (Phi) is 3.48. The summed E-state index contributed by atoms with van der Waals surface area (Å²) in [4.78, 5) is 12.9. The maximum Gasteiger partial charge on any atom is 0.235 e. The van der Waals surface area contributed by atoms with Gasteiger partial charge in [0.15, 0.2) is 11.5 Å². The fourth-order valence-corrected chi connectivity index (χ4v) is 3.41. The number of carbonyl (C=O) groups excluding carboxylic acids is 1. The molecule has 1 aliphatic carbocycles. The molecule has 1 amide bonds. The number of hydrogen-bond donors (Lipinski definition) is 1. The summed E-state index contributed by atoms with van der Waals surface area (Å²) in [6.45, 7) is 5.20. The molecular formula is C20H21NO3. The first-order valence-corrected chi connectivity index (χ1v) is 8.37. The fraction of sp³-hybridized carbons (Fsp3) is 0.350. The molecule has 0 radical (unpaired) electrons. The molecule has 24 heavy (non-hydrogen) atoms. The molecule has 1 fully saturated rings. The average Bonchev–Trinajstić information content (AvgIpc) is 3.35. The monoisotopic (exact) mass is 323 g/mol. The minimum Gasteiger partial charge on any atom is -0.486 e. The highest BCUT2D eigenvalue weighted by Gasteiger charge is 2.51. The highest BCUT2D eigenvalue weighted by molar-refractivity contribution is 6.01. The third kappa shape index (κ3) is 2.62. The molecule has 0 bridgehead atoms. The second-order valence-corrected chi connectivity index (χ2v) is 6.77. The molecule has 2 aliphatic rings. The molecule has 0 atom stereocenters. The van der Waals surface area contributed by atoms with Crippen LogP contribution in [0.5, 0.6) is 11.5 Å². The van der Waals surface area contributed by atoms with Crippen LogP contribution in [0.2, 0.25) is 0 Å². The molecule has 0 unspecified atom stereocenters. The predicted octanol–water partition coefficient (Wildman–Crippen LogP) is 3.74. The molecule has 124 valence electrons. The van der Waals surface area contributed by atoms with Crippen molar-refractivity contribution in [3.05, 3.63) is 53.1 Å². The van der Waals surface area contributed by atoms with E-state index in [1.165, 1.54) is 0 Å². The van der Waals surface area contributed by atoms with Gasteiger partial charge in [-0.15, -0.1) is 0 Å². The van der Waals surface area contributed by atoms with Crippen LogP contribution in [-0.2, 0) is 10.2 Å². The molecule has 4 nitrogen and oxygen atoms in total. The smallest absolute Gasteiger partial charge is 0.235 e. The summed E-state index contributed by atoms with van der Waals surface area (Å²) >= 11 is 0. The lowest BCUT2D eigenvalue weighted by Gasteiger charge is -2.22. The number of carbonyl (C=O) groups is 1. The summed E-state index contributed by atoms with van der Waals surface area (Å²) in [6, 6.07) is 12.0. The molecule has 0 spiro atoms. The number of anilines is 1. The first-order chi connectivity index (χ1) is 11.6. The maximum atomic E-state index is 12.9. The molecule has 0 aromatic heterocycles. The standard InChI is InChI=1S/C20H21NO3/c1-13-9-14(2)11-16(10-13)21-19(22)20(5-6-20)15-3-4-17-18(12-15)24-8-7-23-17/h3-4,9-12H,5-8H2,1-2H3,(H,21,22).